The Morgan fingerprint density at radius 2 is 1.96 bits per heavy atom. The first-order valence-electron chi connectivity index (χ1n) is 7.62. The van der Waals surface area contributed by atoms with Crippen LogP contribution in [-0.2, 0) is 0 Å². The van der Waals surface area contributed by atoms with Gasteiger partial charge in [-0.05, 0) is 25.5 Å². The number of anilines is 1. The summed E-state index contributed by atoms with van der Waals surface area (Å²) < 4.78 is 3.34. The molecule has 3 aromatic heterocycles. The molecule has 3 heterocycles. The number of phenolic OH excluding ortho intramolecular Hbond substituents is 1. The number of carbonyl (C=O) groups excluding carboxylic acids is 1. The number of amides is 1. The minimum Gasteiger partial charge on any atom is -0.508 e. The Morgan fingerprint density at radius 1 is 1.20 bits per heavy atom. The molecule has 0 radical (unpaired) electrons. The van der Waals surface area contributed by atoms with Crippen LogP contribution >= 0.6 is 0 Å². The van der Waals surface area contributed by atoms with E-state index in [-0.39, 0.29) is 17.1 Å². The Balaban J connectivity index is 2.26. The van der Waals surface area contributed by atoms with Crippen LogP contribution in [0.5, 0.6) is 5.75 Å². The molecular formula is C17H16N6O2. The van der Waals surface area contributed by atoms with Crippen molar-refractivity contribution >= 4 is 28.4 Å². The molecular weight excluding hydrogens is 320 g/mol. The maximum Gasteiger partial charge on any atom is 0.253 e. The highest BCUT2D eigenvalue weighted by Crippen LogP contribution is 2.36. The Bertz CT molecular complexity index is 1170. The summed E-state index contributed by atoms with van der Waals surface area (Å²) in [6, 6.07) is 3.40. The lowest BCUT2D eigenvalue weighted by Crippen LogP contribution is -2.14. The lowest BCUT2D eigenvalue weighted by Gasteiger charge is -2.15. The zero-order valence-electron chi connectivity index (χ0n) is 13.7. The summed E-state index contributed by atoms with van der Waals surface area (Å²) in [6.07, 6.45) is 4.93. The third-order valence-corrected chi connectivity index (χ3v) is 4.45. The molecule has 5 N–H and O–H groups in total. The second-order valence-corrected chi connectivity index (χ2v) is 5.94. The van der Waals surface area contributed by atoms with E-state index < -0.39 is 5.91 Å². The highest BCUT2D eigenvalue weighted by atomic mass is 16.3. The number of rotatable bonds is 2. The molecule has 4 aromatic rings. The predicted molar refractivity (Wildman–Crippen MR) is 93.9 cm³/mol. The van der Waals surface area contributed by atoms with E-state index in [1.807, 2.05) is 6.92 Å². The molecule has 0 aliphatic rings. The number of primary amides is 1. The third kappa shape index (κ3) is 1.90. The number of aromatic hydroxyl groups is 1. The summed E-state index contributed by atoms with van der Waals surface area (Å²) in [7, 11) is 0. The van der Waals surface area contributed by atoms with Gasteiger partial charge in [0.05, 0.1) is 16.6 Å². The molecule has 0 spiro atoms. The van der Waals surface area contributed by atoms with Crippen molar-refractivity contribution < 1.29 is 9.90 Å². The van der Waals surface area contributed by atoms with Gasteiger partial charge in [-0.15, -0.1) is 0 Å². The molecule has 1 amide bonds. The number of nitrogens with two attached hydrogens (primary N) is 2. The van der Waals surface area contributed by atoms with Gasteiger partial charge in [0.2, 0.25) is 0 Å². The van der Waals surface area contributed by atoms with Crippen molar-refractivity contribution in [3.05, 3.63) is 47.5 Å². The summed E-state index contributed by atoms with van der Waals surface area (Å²) >= 11 is 0. The smallest absolute Gasteiger partial charge is 0.253 e. The monoisotopic (exact) mass is 336 g/mol. The highest BCUT2D eigenvalue weighted by molar-refractivity contribution is 6.15. The van der Waals surface area contributed by atoms with Gasteiger partial charge >= 0.3 is 0 Å². The van der Waals surface area contributed by atoms with Crippen molar-refractivity contribution in [3.63, 3.8) is 0 Å². The van der Waals surface area contributed by atoms with Gasteiger partial charge in [0.15, 0.2) is 5.65 Å². The Morgan fingerprint density at radius 3 is 2.68 bits per heavy atom. The molecule has 1 aromatic carbocycles. The number of imidazole rings is 1. The molecule has 0 saturated heterocycles. The van der Waals surface area contributed by atoms with Crippen LogP contribution < -0.4 is 11.5 Å². The maximum absolute atomic E-state index is 12.1. The van der Waals surface area contributed by atoms with Crippen molar-refractivity contribution in [2.45, 2.75) is 13.8 Å². The number of benzene rings is 1. The van der Waals surface area contributed by atoms with Crippen LogP contribution in [0.15, 0.2) is 30.9 Å². The van der Waals surface area contributed by atoms with Gasteiger partial charge in [-0.1, -0.05) is 6.07 Å². The Kier molecular flexibility index (Phi) is 2.98. The fourth-order valence-electron chi connectivity index (χ4n) is 3.27. The van der Waals surface area contributed by atoms with Crippen molar-refractivity contribution in [3.8, 4) is 11.4 Å². The normalized spacial score (nSPS) is 11.4. The van der Waals surface area contributed by atoms with Gasteiger partial charge in [0.1, 0.15) is 23.5 Å². The number of aromatic nitrogens is 4. The number of nitrogen functional groups attached to an aromatic ring is 1. The molecule has 0 bridgehead atoms. The number of carbonyl (C=O) groups is 1. The van der Waals surface area contributed by atoms with Gasteiger partial charge in [-0.25, -0.2) is 9.97 Å². The van der Waals surface area contributed by atoms with Crippen LogP contribution in [0.1, 0.15) is 21.5 Å². The second-order valence-electron chi connectivity index (χ2n) is 5.94. The topological polar surface area (TPSA) is 124 Å². The Hall–Kier alpha value is -3.55. The lowest BCUT2D eigenvalue weighted by atomic mass is 10.1. The summed E-state index contributed by atoms with van der Waals surface area (Å²) in [4.78, 5) is 20.8. The second kappa shape index (κ2) is 4.97. The minimum absolute atomic E-state index is 0.129. The first-order chi connectivity index (χ1) is 11.9. The molecule has 0 aliphatic carbocycles. The summed E-state index contributed by atoms with van der Waals surface area (Å²) in [5.74, 6) is -0.359. The van der Waals surface area contributed by atoms with Gasteiger partial charge in [0.25, 0.3) is 5.91 Å². The number of hydrogen-bond acceptors (Lipinski definition) is 5. The molecule has 0 atom stereocenters. The SMILES string of the molecule is Cc1ccc(O)c(C)c1-n1c(N)c(C(N)=O)c2c1ncn1ccnc21. The lowest BCUT2D eigenvalue weighted by molar-refractivity contribution is 0.100. The Labute approximate surface area is 142 Å². The molecule has 0 fully saturated rings. The number of fused-ring (bicyclic) bond motifs is 3. The van der Waals surface area contributed by atoms with E-state index in [0.717, 1.165) is 5.56 Å². The van der Waals surface area contributed by atoms with E-state index in [1.54, 1.807) is 46.7 Å². The zero-order chi connectivity index (χ0) is 17.9. The van der Waals surface area contributed by atoms with Crippen molar-refractivity contribution in [2.75, 3.05) is 5.73 Å². The molecule has 126 valence electrons. The van der Waals surface area contributed by atoms with Gasteiger partial charge in [0, 0.05) is 18.0 Å². The zero-order valence-corrected chi connectivity index (χ0v) is 13.7. The van der Waals surface area contributed by atoms with Crippen LogP contribution in [0.25, 0.3) is 22.4 Å². The minimum atomic E-state index is -0.658. The van der Waals surface area contributed by atoms with E-state index in [2.05, 4.69) is 9.97 Å². The predicted octanol–water partition coefficient (Wildman–Crippen LogP) is 1.68. The van der Waals surface area contributed by atoms with Crippen molar-refractivity contribution in [1.82, 2.24) is 18.9 Å². The molecule has 0 aliphatic heterocycles. The summed E-state index contributed by atoms with van der Waals surface area (Å²) in [5.41, 5.74) is 15.2. The standard InChI is InChI=1S/C17H16N6O2/c1-8-3-4-10(24)9(2)13(8)23-14(18)11(15(19)25)12-16-20-5-6-22(16)7-21-17(12)23/h3-7,24H,18H2,1-2H3,(H2,19,25). The molecule has 4 rings (SSSR count). The maximum atomic E-state index is 12.1. The summed E-state index contributed by atoms with van der Waals surface area (Å²) in [5, 5.41) is 10.6. The number of hydrogen-bond donors (Lipinski definition) is 3. The van der Waals surface area contributed by atoms with Gasteiger partial charge < -0.3 is 16.6 Å². The summed E-state index contributed by atoms with van der Waals surface area (Å²) in [6.45, 7) is 3.67. The first-order valence-corrected chi connectivity index (χ1v) is 7.62. The van der Waals surface area contributed by atoms with E-state index in [4.69, 9.17) is 11.5 Å². The van der Waals surface area contributed by atoms with Crippen LogP contribution in [-0.4, -0.2) is 29.9 Å². The van der Waals surface area contributed by atoms with E-state index in [0.29, 0.717) is 27.9 Å². The van der Waals surface area contributed by atoms with E-state index >= 15 is 0 Å². The van der Waals surface area contributed by atoms with Crippen LogP contribution in [0.3, 0.4) is 0 Å². The van der Waals surface area contributed by atoms with E-state index in [1.165, 1.54) is 0 Å². The van der Waals surface area contributed by atoms with Gasteiger partial charge in [-0.2, -0.15) is 0 Å². The van der Waals surface area contributed by atoms with Crippen molar-refractivity contribution in [2.24, 2.45) is 5.73 Å². The van der Waals surface area contributed by atoms with E-state index in [9.17, 15) is 9.90 Å². The molecule has 25 heavy (non-hydrogen) atoms. The number of phenols is 1. The average molecular weight is 336 g/mol. The fraction of sp³-hybridized carbons (Fsp3) is 0.118. The molecule has 0 saturated carbocycles. The largest absolute Gasteiger partial charge is 0.508 e. The van der Waals surface area contributed by atoms with Crippen molar-refractivity contribution in [1.29, 1.82) is 0 Å². The number of nitrogens with zero attached hydrogens (tertiary/aromatic N) is 4. The molecule has 0 unspecified atom stereocenters. The average Bonchev–Trinajstić information content (AvgIpc) is 3.14. The quantitative estimate of drug-likeness (QED) is 0.513. The fourth-order valence-corrected chi connectivity index (χ4v) is 3.27. The van der Waals surface area contributed by atoms with Crippen LogP contribution in [0.4, 0.5) is 5.82 Å². The molecule has 8 nitrogen and oxygen atoms in total. The van der Waals surface area contributed by atoms with Gasteiger partial charge in [-0.3, -0.25) is 13.8 Å². The number of aryl methyl sites for hydroxylation is 1. The third-order valence-electron chi connectivity index (χ3n) is 4.45. The van der Waals surface area contributed by atoms with Crippen LogP contribution in [0.2, 0.25) is 0 Å². The van der Waals surface area contributed by atoms with Crippen LogP contribution in [0, 0.1) is 13.8 Å². The highest BCUT2D eigenvalue weighted by Gasteiger charge is 2.25. The molecule has 8 heteroatoms. The first kappa shape index (κ1) is 15.0.